The van der Waals surface area contributed by atoms with Gasteiger partial charge >= 0.3 is 5.97 Å². The maximum Gasteiger partial charge on any atom is 0.310 e. The molecule has 0 aromatic rings. The molecular formula is C12H21NO4. The number of hydrogen-bond donors (Lipinski definition) is 0. The maximum atomic E-state index is 12.0. The van der Waals surface area contributed by atoms with Gasteiger partial charge in [0.25, 0.3) is 0 Å². The number of carbonyl (C=O) groups is 2. The SMILES string of the molecule is COCC1CC(C(=O)OC)CN1C(=O)C(C)C. The predicted molar refractivity (Wildman–Crippen MR) is 62.3 cm³/mol. The average molecular weight is 243 g/mol. The van der Waals surface area contributed by atoms with Crippen molar-refractivity contribution in [2.45, 2.75) is 26.3 Å². The average Bonchev–Trinajstić information content (AvgIpc) is 2.71. The summed E-state index contributed by atoms with van der Waals surface area (Å²) in [6.07, 6.45) is 0.624. The van der Waals surface area contributed by atoms with Gasteiger partial charge in [-0.05, 0) is 6.42 Å². The highest BCUT2D eigenvalue weighted by Gasteiger charge is 2.39. The summed E-state index contributed by atoms with van der Waals surface area (Å²) < 4.78 is 9.83. The van der Waals surface area contributed by atoms with Crippen molar-refractivity contribution >= 4 is 11.9 Å². The van der Waals surface area contributed by atoms with Crippen LogP contribution in [0.25, 0.3) is 0 Å². The van der Waals surface area contributed by atoms with Gasteiger partial charge in [0.15, 0.2) is 0 Å². The van der Waals surface area contributed by atoms with Crippen molar-refractivity contribution in [3.05, 3.63) is 0 Å². The van der Waals surface area contributed by atoms with Gasteiger partial charge in [-0.25, -0.2) is 0 Å². The third-order valence-corrected chi connectivity index (χ3v) is 3.08. The first-order chi connectivity index (χ1) is 8.01. The van der Waals surface area contributed by atoms with E-state index in [0.717, 1.165) is 0 Å². The Morgan fingerprint density at radius 2 is 2.00 bits per heavy atom. The van der Waals surface area contributed by atoms with E-state index in [9.17, 15) is 9.59 Å². The summed E-state index contributed by atoms with van der Waals surface area (Å²) in [5.41, 5.74) is 0. The van der Waals surface area contributed by atoms with Crippen LogP contribution in [-0.2, 0) is 19.1 Å². The van der Waals surface area contributed by atoms with Crippen LogP contribution in [0.4, 0.5) is 0 Å². The molecule has 2 unspecified atom stereocenters. The molecule has 0 aromatic carbocycles. The highest BCUT2D eigenvalue weighted by molar-refractivity contribution is 5.81. The molecule has 0 bridgehead atoms. The normalized spacial score (nSPS) is 24.2. The van der Waals surface area contributed by atoms with Gasteiger partial charge in [-0.3, -0.25) is 9.59 Å². The minimum Gasteiger partial charge on any atom is -0.469 e. The van der Waals surface area contributed by atoms with Crippen LogP contribution < -0.4 is 0 Å². The number of esters is 1. The number of carbonyl (C=O) groups excluding carboxylic acids is 2. The molecule has 17 heavy (non-hydrogen) atoms. The van der Waals surface area contributed by atoms with Crippen molar-refractivity contribution < 1.29 is 19.1 Å². The maximum absolute atomic E-state index is 12.0. The molecule has 1 aliphatic rings. The zero-order chi connectivity index (χ0) is 13.0. The lowest BCUT2D eigenvalue weighted by molar-refractivity contribution is -0.145. The minimum atomic E-state index is -0.245. The Hall–Kier alpha value is -1.10. The van der Waals surface area contributed by atoms with Gasteiger partial charge in [0, 0.05) is 19.6 Å². The number of ether oxygens (including phenoxy) is 2. The van der Waals surface area contributed by atoms with E-state index in [-0.39, 0.29) is 29.8 Å². The molecule has 0 aliphatic carbocycles. The van der Waals surface area contributed by atoms with Gasteiger partial charge in [-0.1, -0.05) is 13.8 Å². The summed E-state index contributed by atoms with van der Waals surface area (Å²) >= 11 is 0. The number of rotatable bonds is 4. The second-order valence-corrected chi connectivity index (χ2v) is 4.71. The van der Waals surface area contributed by atoms with E-state index in [0.29, 0.717) is 19.6 Å². The Labute approximate surface area is 102 Å². The second kappa shape index (κ2) is 6.00. The molecule has 0 saturated carbocycles. The van der Waals surface area contributed by atoms with Gasteiger partial charge in [0.1, 0.15) is 0 Å². The van der Waals surface area contributed by atoms with Crippen molar-refractivity contribution in [3.8, 4) is 0 Å². The molecule has 2 atom stereocenters. The summed E-state index contributed by atoms with van der Waals surface area (Å²) in [7, 11) is 2.98. The molecule has 1 saturated heterocycles. The Morgan fingerprint density at radius 3 is 2.47 bits per heavy atom. The Balaban J connectivity index is 2.73. The topological polar surface area (TPSA) is 55.8 Å². The second-order valence-electron chi connectivity index (χ2n) is 4.71. The van der Waals surface area contributed by atoms with Gasteiger partial charge < -0.3 is 14.4 Å². The fourth-order valence-electron chi connectivity index (χ4n) is 2.21. The van der Waals surface area contributed by atoms with E-state index < -0.39 is 0 Å². The minimum absolute atomic E-state index is 0.0148. The van der Waals surface area contributed by atoms with Crippen molar-refractivity contribution in [3.63, 3.8) is 0 Å². The summed E-state index contributed by atoms with van der Waals surface area (Å²) in [6, 6.07) is -0.0148. The highest BCUT2D eigenvalue weighted by Crippen LogP contribution is 2.26. The standard InChI is InChI=1S/C12H21NO4/c1-8(2)11(14)13-6-9(12(15)17-4)5-10(13)7-16-3/h8-10H,5-7H2,1-4H3. The van der Waals surface area contributed by atoms with Crippen molar-refractivity contribution in [2.75, 3.05) is 27.4 Å². The zero-order valence-electron chi connectivity index (χ0n) is 10.9. The number of amides is 1. The van der Waals surface area contributed by atoms with Gasteiger partial charge in [0.2, 0.25) is 5.91 Å². The number of nitrogens with zero attached hydrogens (tertiary/aromatic N) is 1. The van der Waals surface area contributed by atoms with E-state index in [1.807, 2.05) is 13.8 Å². The lowest BCUT2D eigenvalue weighted by Gasteiger charge is -2.25. The molecule has 0 N–H and O–H groups in total. The predicted octanol–water partition coefficient (Wildman–Crippen LogP) is 0.679. The van der Waals surface area contributed by atoms with E-state index in [2.05, 4.69) is 0 Å². The van der Waals surface area contributed by atoms with Crippen molar-refractivity contribution in [2.24, 2.45) is 11.8 Å². The lowest BCUT2D eigenvalue weighted by atomic mass is 10.1. The van der Waals surface area contributed by atoms with Crippen LogP contribution >= 0.6 is 0 Å². The van der Waals surface area contributed by atoms with Crippen LogP contribution in [0.1, 0.15) is 20.3 Å². The quantitative estimate of drug-likeness (QED) is 0.681. The molecule has 0 spiro atoms. The summed E-state index contributed by atoms with van der Waals surface area (Å²) in [5, 5.41) is 0. The monoisotopic (exact) mass is 243 g/mol. The smallest absolute Gasteiger partial charge is 0.310 e. The van der Waals surface area contributed by atoms with Crippen LogP contribution in [0.5, 0.6) is 0 Å². The van der Waals surface area contributed by atoms with Crippen LogP contribution in [-0.4, -0.2) is 50.2 Å². The Bertz CT molecular complexity index is 290. The first-order valence-corrected chi connectivity index (χ1v) is 5.88. The van der Waals surface area contributed by atoms with Gasteiger partial charge in [0.05, 0.1) is 25.7 Å². The Morgan fingerprint density at radius 1 is 1.35 bits per heavy atom. The van der Waals surface area contributed by atoms with E-state index >= 15 is 0 Å². The third-order valence-electron chi connectivity index (χ3n) is 3.08. The van der Waals surface area contributed by atoms with E-state index in [1.54, 1.807) is 12.0 Å². The number of methoxy groups -OCH3 is 2. The van der Waals surface area contributed by atoms with Crippen molar-refractivity contribution in [1.29, 1.82) is 0 Å². The number of likely N-dealkylation sites (tertiary alicyclic amines) is 1. The summed E-state index contributed by atoms with van der Waals surface area (Å²) in [5.74, 6) is -0.461. The largest absolute Gasteiger partial charge is 0.469 e. The lowest BCUT2D eigenvalue weighted by Crippen LogP contribution is -2.40. The molecule has 1 amide bonds. The first-order valence-electron chi connectivity index (χ1n) is 5.88. The molecule has 1 aliphatic heterocycles. The molecular weight excluding hydrogens is 222 g/mol. The fourth-order valence-corrected chi connectivity index (χ4v) is 2.21. The molecule has 1 fully saturated rings. The highest BCUT2D eigenvalue weighted by atomic mass is 16.5. The zero-order valence-corrected chi connectivity index (χ0v) is 10.9. The van der Waals surface area contributed by atoms with Gasteiger partial charge in [-0.15, -0.1) is 0 Å². The molecule has 1 heterocycles. The first kappa shape index (κ1) is 14.0. The van der Waals surface area contributed by atoms with Crippen LogP contribution in [0.3, 0.4) is 0 Å². The molecule has 1 rings (SSSR count). The third kappa shape index (κ3) is 3.19. The molecule has 5 heteroatoms. The van der Waals surface area contributed by atoms with Crippen molar-refractivity contribution in [1.82, 2.24) is 4.90 Å². The summed E-state index contributed by atoms with van der Waals surface area (Å²) in [4.78, 5) is 25.3. The molecule has 98 valence electrons. The van der Waals surface area contributed by atoms with Crippen LogP contribution in [0.15, 0.2) is 0 Å². The molecule has 5 nitrogen and oxygen atoms in total. The van der Waals surface area contributed by atoms with E-state index in [4.69, 9.17) is 9.47 Å². The molecule has 0 aromatic heterocycles. The van der Waals surface area contributed by atoms with E-state index in [1.165, 1.54) is 7.11 Å². The fraction of sp³-hybridized carbons (Fsp3) is 0.833. The van der Waals surface area contributed by atoms with Crippen LogP contribution in [0.2, 0.25) is 0 Å². The van der Waals surface area contributed by atoms with Crippen LogP contribution in [0, 0.1) is 11.8 Å². The van der Waals surface area contributed by atoms with Gasteiger partial charge in [-0.2, -0.15) is 0 Å². The molecule has 0 radical (unpaired) electrons. The number of hydrogen-bond acceptors (Lipinski definition) is 4. The summed E-state index contributed by atoms with van der Waals surface area (Å²) in [6.45, 7) is 4.62. The Kier molecular flexibility index (Phi) is 4.93.